The second-order valence-corrected chi connectivity index (χ2v) is 3.45. The normalized spacial score (nSPS) is 15.1. The Hall–Kier alpha value is -0.720. The van der Waals surface area contributed by atoms with E-state index in [1.807, 2.05) is 0 Å². The van der Waals surface area contributed by atoms with E-state index < -0.39 is 18.0 Å². The van der Waals surface area contributed by atoms with E-state index in [0.29, 0.717) is 0 Å². The predicted octanol–water partition coefficient (Wildman–Crippen LogP) is 0.592. The summed E-state index contributed by atoms with van der Waals surface area (Å²) in [5.74, 6) is -0.933. The minimum absolute atomic E-state index is 0.195. The van der Waals surface area contributed by atoms with Crippen molar-refractivity contribution in [3.8, 4) is 0 Å². The summed E-state index contributed by atoms with van der Waals surface area (Å²) < 4.78 is 12.9. The molecule has 0 amide bonds. The number of nitrogens with two attached hydrogens (primary N) is 1. The Morgan fingerprint density at radius 2 is 2.21 bits per heavy atom. The molecule has 0 saturated heterocycles. The van der Waals surface area contributed by atoms with Gasteiger partial charge in [-0.25, -0.2) is 9.37 Å². The van der Waals surface area contributed by atoms with Crippen molar-refractivity contribution in [2.45, 2.75) is 12.2 Å². The van der Waals surface area contributed by atoms with Gasteiger partial charge in [0.25, 0.3) is 0 Å². The fraction of sp³-hybridized carbons (Fsp3) is 0.375. The maximum atomic E-state index is 12.9. The smallest absolute Gasteiger partial charge is 0.165 e. The number of hydrogen-bond acceptors (Lipinski definition) is 4. The number of alkyl halides is 1. The Morgan fingerprint density at radius 1 is 1.57 bits per heavy atom. The molecule has 0 aromatic carbocycles. The van der Waals surface area contributed by atoms with Gasteiger partial charge in [-0.05, 0) is 6.07 Å². The van der Waals surface area contributed by atoms with E-state index in [2.05, 4.69) is 20.9 Å². The van der Waals surface area contributed by atoms with Gasteiger partial charge in [-0.1, -0.05) is 15.9 Å². The van der Waals surface area contributed by atoms with Gasteiger partial charge in [0.05, 0.1) is 6.10 Å². The van der Waals surface area contributed by atoms with E-state index in [0.717, 1.165) is 6.07 Å². The summed E-state index contributed by atoms with van der Waals surface area (Å²) in [5.41, 5.74) is 5.36. The SMILES string of the molecule is Nc1ncc(C(O)C(O)CBr)cc1F. The zero-order valence-corrected chi connectivity index (χ0v) is 8.78. The van der Waals surface area contributed by atoms with Crippen LogP contribution in [0.1, 0.15) is 11.7 Å². The molecule has 0 bridgehead atoms. The van der Waals surface area contributed by atoms with E-state index in [-0.39, 0.29) is 16.7 Å². The molecule has 0 fully saturated rings. The van der Waals surface area contributed by atoms with E-state index >= 15 is 0 Å². The number of halogens is 2. The van der Waals surface area contributed by atoms with E-state index in [4.69, 9.17) is 5.73 Å². The molecular formula is C8H10BrFN2O2. The standard InChI is InChI=1S/C8H10BrFN2O2/c9-2-6(13)7(14)4-1-5(10)8(11)12-3-4/h1,3,6-7,13-14H,2H2,(H2,11,12). The summed E-state index contributed by atoms with van der Waals surface area (Å²) in [5, 5.41) is 18.9. The molecular weight excluding hydrogens is 255 g/mol. The molecule has 1 aromatic rings. The summed E-state index contributed by atoms with van der Waals surface area (Å²) in [6, 6.07) is 1.05. The van der Waals surface area contributed by atoms with Crippen LogP contribution in [0.3, 0.4) is 0 Å². The third kappa shape index (κ3) is 2.40. The molecule has 0 spiro atoms. The lowest BCUT2D eigenvalue weighted by Crippen LogP contribution is -2.20. The average Bonchev–Trinajstić information content (AvgIpc) is 2.20. The zero-order chi connectivity index (χ0) is 10.7. The molecule has 4 N–H and O–H groups in total. The number of aliphatic hydroxyl groups excluding tert-OH is 2. The summed E-state index contributed by atoms with van der Waals surface area (Å²) in [7, 11) is 0. The number of rotatable bonds is 3. The Labute approximate surface area is 88.7 Å². The van der Waals surface area contributed by atoms with Crippen molar-refractivity contribution in [3.05, 3.63) is 23.6 Å². The van der Waals surface area contributed by atoms with Crippen molar-refractivity contribution in [2.75, 3.05) is 11.1 Å². The average molecular weight is 265 g/mol. The van der Waals surface area contributed by atoms with Crippen LogP contribution in [-0.2, 0) is 0 Å². The van der Waals surface area contributed by atoms with Crippen LogP contribution in [0.4, 0.5) is 10.2 Å². The molecule has 2 unspecified atom stereocenters. The molecule has 6 heteroatoms. The predicted molar refractivity (Wildman–Crippen MR) is 53.4 cm³/mol. The number of hydrogen-bond donors (Lipinski definition) is 3. The molecule has 0 aliphatic rings. The second-order valence-electron chi connectivity index (χ2n) is 2.80. The molecule has 0 aliphatic heterocycles. The van der Waals surface area contributed by atoms with E-state index in [9.17, 15) is 14.6 Å². The molecule has 0 aliphatic carbocycles. The van der Waals surface area contributed by atoms with Crippen molar-refractivity contribution >= 4 is 21.7 Å². The maximum Gasteiger partial charge on any atom is 0.165 e. The van der Waals surface area contributed by atoms with Gasteiger partial charge in [0.1, 0.15) is 6.10 Å². The van der Waals surface area contributed by atoms with Crippen LogP contribution in [0, 0.1) is 5.82 Å². The summed E-state index contributed by atoms with van der Waals surface area (Å²) in [6.07, 6.45) is -0.939. The monoisotopic (exact) mass is 264 g/mol. The van der Waals surface area contributed by atoms with Crippen LogP contribution in [-0.4, -0.2) is 26.6 Å². The minimum Gasteiger partial charge on any atom is -0.389 e. The Balaban J connectivity index is 2.91. The van der Waals surface area contributed by atoms with Gasteiger partial charge in [-0.3, -0.25) is 0 Å². The number of aromatic nitrogens is 1. The molecule has 0 radical (unpaired) electrons. The molecule has 78 valence electrons. The lowest BCUT2D eigenvalue weighted by atomic mass is 10.1. The number of pyridine rings is 1. The summed E-state index contributed by atoms with van der Waals surface area (Å²) in [6.45, 7) is 0. The van der Waals surface area contributed by atoms with Gasteiger partial charge in [0.15, 0.2) is 11.6 Å². The Kier molecular flexibility index (Phi) is 3.79. The van der Waals surface area contributed by atoms with Gasteiger partial charge < -0.3 is 15.9 Å². The first kappa shape index (κ1) is 11.4. The molecule has 2 atom stereocenters. The Morgan fingerprint density at radius 3 is 2.71 bits per heavy atom. The molecule has 1 rings (SSSR count). The van der Waals surface area contributed by atoms with E-state index in [1.165, 1.54) is 6.20 Å². The van der Waals surface area contributed by atoms with Crippen LogP contribution >= 0.6 is 15.9 Å². The maximum absolute atomic E-state index is 12.9. The van der Waals surface area contributed by atoms with Crippen molar-refractivity contribution < 1.29 is 14.6 Å². The van der Waals surface area contributed by atoms with Gasteiger partial charge in [0, 0.05) is 17.1 Å². The molecule has 1 aromatic heterocycles. The van der Waals surface area contributed by atoms with Crippen molar-refractivity contribution in [3.63, 3.8) is 0 Å². The van der Waals surface area contributed by atoms with Crippen LogP contribution < -0.4 is 5.73 Å². The molecule has 0 saturated carbocycles. The number of anilines is 1. The lowest BCUT2D eigenvalue weighted by molar-refractivity contribution is 0.0339. The molecule has 1 heterocycles. The lowest BCUT2D eigenvalue weighted by Gasteiger charge is -2.15. The highest BCUT2D eigenvalue weighted by atomic mass is 79.9. The van der Waals surface area contributed by atoms with Crippen molar-refractivity contribution in [1.82, 2.24) is 4.98 Å². The second kappa shape index (κ2) is 4.68. The van der Waals surface area contributed by atoms with E-state index in [1.54, 1.807) is 0 Å². The number of aliphatic hydroxyl groups is 2. The van der Waals surface area contributed by atoms with Gasteiger partial charge >= 0.3 is 0 Å². The Bertz CT molecular complexity index is 324. The zero-order valence-electron chi connectivity index (χ0n) is 7.19. The molecule has 4 nitrogen and oxygen atoms in total. The first-order valence-corrected chi connectivity index (χ1v) is 5.01. The highest BCUT2D eigenvalue weighted by Crippen LogP contribution is 2.19. The summed E-state index contributed by atoms with van der Waals surface area (Å²) in [4.78, 5) is 3.53. The van der Waals surface area contributed by atoms with Crippen LogP contribution in [0.2, 0.25) is 0 Å². The first-order chi connectivity index (χ1) is 6.56. The third-order valence-corrected chi connectivity index (χ3v) is 2.42. The van der Waals surface area contributed by atoms with Crippen LogP contribution in [0.15, 0.2) is 12.3 Å². The largest absolute Gasteiger partial charge is 0.389 e. The van der Waals surface area contributed by atoms with Crippen LogP contribution in [0.25, 0.3) is 0 Å². The fourth-order valence-electron chi connectivity index (χ4n) is 0.932. The molecule has 14 heavy (non-hydrogen) atoms. The highest BCUT2D eigenvalue weighted by molar-refractivity contribution is 9.09. The fourth-order valence-corrected chi connectivity index (χ4v) is 1.29. The first-order valence-electron chi connectivity index (χ1n) is 3.89. The van der Waals surface area contributed by atoms with Crippen molar-refractivity contribution in [1.29, 1.82) is 0 Å². The number of nitrogen functional groups attached to an aromatic ring is 1. The van der Waals surface area contributed by atoms with Crippen molar-refractivity contribution in [2.24, 2.45) is 0 Å². The topological polar surface area (TPSA) is 79.4 Å². The van der Waals surface area contributed by atoms with Gasteiger partial charge in [0.2, 0.25) is 0 Å². The number of nitrogens with zero attached hydrogens (tertiary/aromatic N) is 1. The third-order valence-electron chi connectivity index (χ3n) is 1.75. The summed E-state index contributed by atoms with van der Waals surface area (Å²) >= 11 is 3.00. The minimum atomic E-state index is -1.17. The highest BCUT2D eigenvalue weighted by Gasteiger charge is 2.18. The quantitative estimate of drug-likeness (QED) is 0.699. The van der Waals surface area contributed by atoms with Gasteiger partial charge in [-0.2, -0.15) is 0 Å². The van der Waals surface area contributed by atoms with Crippen LogP contribution in [0.5, 0.6) is 0 Å². The van der Waals surface area contributed by atoms with Gasteiger partial charge in [-0.15, -0.1) is 0 Å².